The molecular weight excluding hydrogens is 223 g/mol. The number of nitrogens with one attached hydrogen (secondary N) is 2. The van der Waals surface area contributed by atoms with Crippen LogP contribution in [-0.4, -0.2) is 20.1 Å². The molecule has 0 bridgehead atoms. The molecule has 4 heteroatoms. The number of hydrogen-bond donors (Lipinski definition) is 2. The molecule has 0 spiro atoms. The first kappa shape index (κ1) is 11.5. The lowest BCUT2D eigenvalue weighted by atomic mass is 10.2. The SMILES string of the molecule is CNCCNCc1cc2ccc(F)cc2s1. The Labute approximate surface area is 98.5 Å². The van der Waals surface area contributed by atoms with Gasteiger partial charge in [-0.2, -0.15) is 0 Å². The van der Waals surface area contributed by atoms with E-state index in [1.54, 1.807) is 17.4 Å². The molecule has 2 aromatic rings. The molecule has 0 saturated carbocycles. The number of thiophene rings is 1. The monoisotopic (exact) mass is 238 g/mol. The lowest BCUT2D eigenvalue weighted by Crippen LogP contribution is -2.24. The van der Waals surface area contributed by atoms with E-state index in [0.29, 0.717) is 0 Å². The normalized spacial score (nSPS) is 11.1. The molecule has 16 heavy (non-hydrogen) atoms. The molecule has 0 atom stereocenters. The fourth-order valence-electron chi connectivity index (χ4n) is 1.57. The molecule has 86 valence electrons. The highest BCUT2D eigenvalue weighted by molar-refractivity contribution is 7.19. The van der Waals surface area contributed by atoms with Gasteiger partial charge in [-0.1, -0.05) is 6.07 Å². The Morgan fingerprint density at radius 3 is 2.94 bits per heavy atom. The Morgan fingerprint density at radius 2 is 2.12 bits per heavy atom. The van der Waals surface area contributed by atoms with Crippen LogP contribution in [0.15, 0.2) is 24.3 Å². The third kappa shape index (κ3) is 2.78. The second-order valence-corrected chi connectivity index (χ2v) is 4.84. The van der Waals surface area contributed by atoms with Gasteiger partial charge >= 0.3 is 0 Å². The van der Waals surface area contributed by atoms with Gasteiger partial charge in [0.1, 0.15) is 5.82 Å². The molecule has 1 aromatic carbocycles. The molecule has 0 amide bonds. The molecule has 2 rings (SSSR count). The van der Waals surface area contributed by atoms with Gasteiger partial charge in [0.2, 0.25) is 0 Å². The number of fused-ring (bicyclic) bond motifs is 1. The van der Waals surface area contributed by atoms with Gasteiger partial charge in [0.25, 0.3) is 0 Å². The first-order valence-electron chi connectivity index (χ1n) is 5.33. The minimum absolute atomic E-state index is 0.163. The van der Waals surface area contributed by atoms with Gasteiger partial charge in [-0.3, -0.25) is 0 Å². The molecular formula is C12H15FN2S. The highest BCUT2D eigenvalue weighted by Gasteiger charge is 2.02. The maximum absolute atomic E-state index is 13.0. The molecule has 0 aliphatic carbocycles. The van der Waals surface area contributed by atoms with E-state index in [4.69, 9.17) is 0 Å². The maximum Gasteiger partial charge on any atom is 0.124 e. The van der Waals surface area contributed by atoms with Gasteiger partial charge in [-0.15, -0.1) is 11.3 Å². The number of halogens is 1. The second kappa shape index (κ2) is 5.39. The predicted molar refractivity (Wildman–Crippen MR) is 67.4 cm³/mol. The van der Waals surface area contributed by atoms with Gasteiger partial charge in [0.15, 0.2) is 0 Å². The summed E-state index contributed by atoms with van der Waals surface area (Å²) in [6.45, 7) is 2.75. The summed E-state index contributed by atoms with van der Waals surface area (Å²) < 4.78 is 14.0. The summed E-state index contributed by atoms with van der Waals surface area (Å²) in [4.78, 5) is 1.25. The van der Waals surface area contributed by atoms with Crippen molar-refractivity contribution in [1.82, 2.24) is 10.6 Å². The van der Waals surface area contributed by atoms with Crippen LogP contribution < -0.4 is 10.6 Å². The van der Waals surface area contributed by atoms with E-state index >= 15 is 0 Å². The van der Waals surface area contributed by atoms with Gasteiger partial charge < -0.3 is 10.6 Å². The van der Waals surface area contributed by atoms with Gasteiger partial charge in [0, 0.05) is 29.2 Å². The molecule has 0 aliphatic heterocycles. The quantitative estimate of drug-likeness (QED) is 0.781. The largest absolute Gasteiger partial charge is 0.318 e. The molecule has 1 aromatic heterocycles. The average Bonchev–Trinajstić information content (AvgIpc) is 2.66. The van der Waals surface area contributed by atoms with Crippen LogP contribution in [-0.2, 0) is 6.54 Å². The standard InChI is InChI=1S/C12H15FN2S/c1-14-4-5-15-8-11-6-9-2-3-10(13)7-12(9)16-11/h2-3,6-7,14-15H,4-5,8H2,1H3. The Morgan fingerprint density at radius 1 is 1.25 bits per heavy atom. The van der Waals surface area contributed by atoms with Crippen molar-refractivity contribution >= 4 is 21.4 Å². The highest BCUT2D eigenvalue weighted by Crippen LogP contribution is 2.26. The summed E-state index contributed by atoms with van der Waals surface area (Å²) in [5.41, 5.74) is 0. The first-order valence-corrected chi connectivity index (χ1v) is 6.14. The van der Waals surface area contributed by atoms with Crippen LogP contribution in [0.2, 0.25) is 0 Å². The summed E-state index contributed by atoms with van der Waals surface area (Å²) in [5.74, 6) is -0.163. The first-order chi connectivity index (χ1) is 7.79. The van der Waals surface area contributed by atoms with Crippen LogP contribution in [0.1, 0.15) is 4.88 Å². The fraction of sp³-hybridized carbons (Fsp3) is 0.333. The van der Waals surface area contributed by atoms with E-state index < -0.39 is 0 Å². The number of hydrogen-bond acceptors (Lipinski definition) is 3. The summed E-state index contributed by atoms with van der Waals surface area (Å²) in [7, 11) is 1.93. The molecule has 0 unspecified atom stereocenters. The molecule has 2 nitrogen and oxygen atoms in total. The Balaban J connectivity index is 2.02. The van der Waals surface area contributed by atoms with E-state index in [1.807, 2.05) is 13.1 Å². The van der Waals surface area contributed by atoms with E-state index in [1.165, 1.54) is 10.9 Å². The van der Waals surface area contributed by atoms with Crippen molar-refractivity contribution in [1.29, 1.82) is 0 Å². The smallest absolute Gasteiger partial charge is 0.124 e. The van der Waals surface area contributed by atoms with Crippen molar-refractivity contribution in [2.75, 3.05) is 20.1 Å². The molecule has 2 N–H and O–H groups in total. The molecule has 1 heterocycles. The van der Waals surface area contributed by atoms with Crippen molar-refractivity contribution in [2.24, 2.45) is 0 Å². The Hall–Kier alpha value is -0.970. The molecule has 0 saturated heterocycles. The third-order valence-corrected chi connectivity index (χ3v) is 3.48. The maximum atomic E-state index is 13.0. The minimum Gasteiger partial charge on any atom is -0.318 e. The van der Waals surface area contributed by atoms with Crippen molar-refractivity contribution in [3.8, 4) is 0 Å². The van der Waals surface area contributed by atoms with Crippen molar-refractivity contribution in [2.45, 2.75) is 6.54 Å². The zero-order valence-corrected chi connectivity index (χ0v) is 10.0. The predicted octanol–water partition coefficient (Wildman–Crippen LogP) is 2.35. The van der Waals surface area contributed by atoms with Crippen molar-refractivity contribution in [3.63, 3.8) is 0 Å². The zero-order chi connectivity index (χ0) is 11.4. The minimum atomic E-state index is -0.163. The number of benzene rings is 1. The topological polar surface area (TPSA) is 24.1 Å². The van der Waals surface area contributed by atoms with Crippen LogP contribution in [0.25, 0.3) is 10.1 Å². The zero-order valence-electron chi connectivity index (χ0n) is 9.22. The fourth-order valence-corrected chi connectivity index (χ4v) is 2.63. The summed E-state index contributed by atoms with van der Waals surface area (Å²) in [6, 6.07) is 7.05. The summed E-state index contributed by atoms with van der Waals surface area (Å²) >= 11 is 1.65. The molecule has 0 fully saturated rings. The van der Waals surface area contributed by atoms with E-state index in [2.05, 4.69) is 16.7 Å². The van der Waals surface area contributed by atoms with Crippen molar-refractivity contribution < 1.29 is 4.39 Å². The van der Waals surface area contributed by atoms with Gasteiger partial charge in [-0.05, 0) is 30.6 Å². The van der Waals surface area contributed by atoms with Gasteiger partial charge in [0.05, 0.1) is 0 Å². The summed E-state index contributed by atoms with van der Waals surface area (Å²) in [5, 5.41) is 7.53. The highest BCUT2D eigenvalue weighted by atomic mass is 32.1. The van der Waals surface area contributed by atoms with Crippen molar-refractivity contribution in [3.05, 3.63) is 35.0 Å². The van der Waals surface area contributed by atoms with Crippen LogP contribution in [0.5, 0.6) is 0 Å². The third-order valence-electron chi connectivity index (χ3n) is 2.38. The van der Waals surface area contributed by atoms with Crippen LogP contribution in [0, 0.1) is 5.82 Å². The summed E-state index contributed by atoms with van der Waals surface area (Å²) in [6.07, 6.45) is 0. The van der Waals surface area contributed by atoms with Crippen LogP contribution >= 0.6 is 11.3 Å². The molecule has 0 aliphatic rings. The van der Waals surface area contributed by atoms with Gasteiger partial charge in [-0.25, -0.2) is 4.39 Å². The average molecular weight is 238 g/mol. The Bertz CT molecular complexity index is 467. The lowest BCUT2D eigenvalue weighted by Gasteiger charge is -2.00. The molecule has 0 radical (unpaired) electrons. The van der Waals surface area contributed by atoms with Crippen LogP contribution in [0.3, 0.4) is 0 Å². The Kier molecular flexibility index (Phi) is 3.88. The number of rotatable bonds is 5. The van der Waals surface area contributed by atoms with E-state index in [-0.39, 0.29) is 5.82 Å². The number of likely N-dealkylation sites (N-methyl/N-ethyl adjacent to an activating group) is 1. The second-order valence-electron chi connectivity index (χ2n) is 3.68. The van der Waals surface area contributed by atoms with E-state index in [9.17, 15) is 4.39 Å². The van der Waals surface area contributed by atoms with E-state index in [0.717, 1.165) is 29.7 Å². The van der Waals surface area contributed by atoms with Crippen LogP contribution in [0.4, 0.5) is 4.39 Å². The lowest BCUT2D eigenvalue weighted by molar-refractivity contribution is 0.630.